The third kappa shape index (κ3) is 28.0. The van der Waals surface area contributed by atoms with Crippen LogP contribution in [0.15, 0.2) is 48.6 Å². The number of allylic oxidation sites excluding steroid dienone is 8. The number of unbranched alkanes of at least 4 members (excludes halogenated alkanes) is 7. The number of carboxylic acid groups (broad SMARTS) is 1. The van der Waals surface area contributed by atoms with Gasteiger partial charge in [-0.2, -0.15) is 0 Å². The molecular formula is C36H60N2O7. The van der Waals surface area contributed by atoms with Gasteiger partial charge in [-0.1, -0.05) is 101 Å². The molecule has 2 unspecified atom stereocenters. The van der Waals surface area contributed by atoms with Gasteiger partial charge in [0.2, 0.25) is 11.8 Å². The molecule has 0 aromatic heterocycles. The Morgan fingerprint density at radius 2 is 1.24 bits per heavy atom. The Bertz CT molecular complexity index is 911. The quantitative estimate of drug-likeness (QED) is 0.0401. The molecule has 4 N–H and O–H groups in total. The van der Waals surface area contributed by atoms with Crippen molar-refractivity contribution in [2.45, 2.75) is 142 Å². The number of carboxylic acids is 1. The highest BCUT2D eigenvalue weighted by molar-refractivity contribution is 5.87. The van der Waals surface area contributed by atoms with Crippen LogP contribution in [0, 0.1) is 0 Å². The first-order valence-corrected chi connectivity index (χ1v) is 17.0. The summed E-state index contributed by atoms with van der Waals surface area (Å²) in [5.41, 5.74) is 0. The normalized spacial score (nSPS) is 13.1. The number of aliphatic carboxylic acids is 1. The standard InChI is InChI=1S/C36H60N2O7/c1-3-5-7-9-10-11-12-13-14-15-16-18-24-28-35(42)45-31(25-21-17-8-6-4-2)26-22-19-20-23-27-33(40)37-29-34(41)38-32(30-39)36(43)44/h5,7,10-11,13-14,16,18,31-32,39H,3-4,6,8-9,12,15,17,19-30H2,1-2H3,(H,37,40)(H,38,41)(H,43,44)/b7-5-,11-10-,14-13-,18-16-. The van der Waals surface area contributed by atoms with E-state index in [-0.39, 0.29) is 30.9 Å². The van der Waals surface area contributed by atoms with Crippen LogP contribution in [-0.4, -0.2) is 59.3 Å². The fourth-order valence-electron chi connectivity index (χ4n) is 4.49. The lowest BCUT2D eigenvalue weighted by atomic mass is 10.0. The topological polar surface area (TPSA) is 142 Å². The third-order valence-electron chi connectivity index (χ3n) is 7.10. The number of carbonyl (C=O) groups excluding carboxylic acids is 3. The van der Waals surface area contributed by atoms with Crippen molar-refractivity contribution in [2.24, 2.45) is 0 Å². The average Bonchev–Trinajstić information content (AvgIpc) is 3.02. The van der Waals surface area contributed by atoms with E-state index in [1.807, 2.05) is 6.08 Å². The fraction of sp³-hybridized carbons (Fsp3) is 0.667. The van der Waals surface area contributed by atoms with E-state index < -0.39 is 24.5 Å². The molecule has 256 valence electrons. The summed E-state index contributed by atoms with van der Waals surface area (Å²) in [6.07, 6.45) is 33.0. The second-order valence-corrected chi connectivity index (χ2v) is 11.2. The zero-order valence-electron chi connectivity index (χ0n) is 27.9. The number of ether oxygens (including phenoxy) is 1. The third-order valence-corrected chi connectivity index (χ3v) is 7.10. The lowest BCUT2D eigenvalue weighted by Crippen LogP contribution is -2.47. The highest BCUT2D eigenvalue weighted by atomic mass is 16.5. The molecule has 2 atom stereocenters. The molecule has 0 heterocycles. The van der Waals surface area contributed by atoms with E-state index in [0.717, 1.165) is 70.6 Å². The minimum absolute atomic E-state index is 0.0769. The van der Waals surface area contributed by atoms with E-state index in [0.29, 0.717) is 19.3 Å². The monoisotopic (exact) mass is 632 g/mol. The molecule has 0 aromatic carbocycles. The van der Waals surface area contributed by atoms with Crippen LogP contribution in [0.4, 0.5) is 0 Å². The maximum atomic E-state index is 12.5. The van der Waals surface area contributed by atoms with Gasteiger partial charge >= 0.3 is 11.9 Å². The van der Waals surface area contributed by atoms with Crippen LogP contribution in [0.2, 0.25) is 0 Å². The summed E-state index contributed by atoms with van der Waals surface area (Å²) in [5, 5.41) is 22.4. The number of amides is 2. The molecule has 0 fully saturated rings. The lowest BCUT2D eigenvalue weighted by Gasteiger charge is -2.18. The Balaban J connectivity index is 4.28. The molecule has 9 nitrogen and oxygen atoms in total. The Morgan fingerprint density at radius 1 is 0.689 bits per heavy atom. The molecule has 0 aliphatic carbocycles. The Kier molecular flexibility index (Phi) is 28.6. The Morgan fingerprint density at radius 3 is 1.80 bits per heavy atom. The maximum absolute atomic E-state index is 12.5. The minimum Gasteiger partial charge on any atom is -0.480 e. The first kappa shape index (κ1) is 41.8. The molecule has 0 radical (unpaired) electrons. The Labute approximate surface area is 271 Å². The van der Waals surface area contributed by atoms with Gasteiger partial charge in [-0.15, -0.1) is 0 Å². The van der Waals surface area contributed by atoms with Gasteiger partial charge in [-0.3, -0.25) is 14.4 Å². The lowest BCUT2D eigenvalue weighted by molar-refractivity contribution is -0.149. The molecule has 0 aliphatic heterocycles. The SMILES string of the molecule is CC/C=C\C/C=C\C/C=C\C/C=C\CCC(=O)OC(CCCCCCC)CCCCCCC(=O)NCC(=O)NC(CO)C(=O)O. The van der Waals surface area contributed by atoms with Gasteiger partial charge in [-0.05, 0) is 64.2 Å². The summed E-state index contributed by atoms with van der Waals surface area (Å²) >= 11 is 0. The summed E-state index contributed by atoms with van der Waals surface area (Å²) < 4.78 is 5.86. The first-order valence-electron chi connectivity index (χ1n) is 17.0. The smallest absolute Gasteiger partial charge is 0.328 e. The summed E-state index contributed by atoms with van der Waals surface area (Å²) in [5.74, 6) is -2.44. The molecule has 0 saturated carbocycles. The summed E-state index contributed by atoms with van der Waals surface area (Å²) in [7, 11) is 0. The predicted octanol–water partition coefficient (Wildman–Crippen LogP) is 6.86. The van der Waals surface area contributed by atoms with Crippen LogP contribution in [0.3, 0.4) is 0 Å². The first-order chi connectivity index (χ1) is 21.8. The average molecular weight is 633 g/mol. The number of aliphatic hydroxyl groups is 1. The number of esters is 1. The molecular weight excluding hydrogens is 572 g/mol. The summed E-state index contributed by atoms with van der Waals surface area (Å²) in [6.45, 7) is 3.26. The van der Waals surface area contributed by atoms with E-state index in [4.69, 9.17) is 14.9 Å². The number of rotatable bonds is 29. The van der Waals surface area contributed by atoms with Crippen LogP contribution in [0.1, 0.15) is 129 Å². The molecule has 0 aromatic rings. The predicted molar refractivity (Wildman–Crippen MR) is 181 cm³/mol. The molecule has 0 bridgehead atoms. The Hall–Kier alpha value is -3.20. The van der Waals surface area contributed by atoms with Gasteiger partial charge in [0.25, 0.3) is 0 Å². The van der Waals surface area contributed by atoms with E-state index in [1.165, 1.54) is 19.3 Å². The van der Waals surface area contributed by atoms with Gasteiger partial charge in [-0.25, -0.2) is 4.79 Å². The van der Waals surface area contributed by atoms with Crippen molar-refractivity contribution in [2.75, 3.05) is 13.2 Å². The number of hydrogen-bond acceptors (Lipinski definition) is 6. The van der Waals surface area contributed by atoms with Gasteiger partial charge in [0.1, 0.15) is 12.1 Å². The molecule has 45 heavy (non-hydrogen) atoms. The van der Waals surface area contributed by atoms with Gasteiger partial charge in [0, 0.05) is 12.8 Å². The van der Waals surface area contributed by atoms with Crippen LogP contribution >= 0.6 is 0 Å². The van der Waals surface area contributed by atoms with Crippen LogP contribution in [-0.2, 0) is 23.9 Å². The zero-order valence-corrected chi connectivity index (χ0v) is 27.9. The number of hydrogen-bond donors (Lipinski definition) is 4. The van der Waals surface area contributed by atoms with Crippen molar-refractivity contribution in [3.8, 4) is 0 Å². The second kappa shape index (κ2) is 30.8. The number of nitrogens with one attached hydrogen (secondary N) is 2. The van der Waals surface area contributed by atoms with Crippen molar-refractivity contribution in [3.05, 3.63) is 48.6 Å². The van der Waals surface area contributed by atoms with Crippen molar-refractivity contribution in [3.63, 3.8) is 0 Å². The van der Waals surface area contributed by atoms with E-state index in [1.54, 1.807) is 0 Å². The minimum atomic E-state index is -1.39. The van der Waals surface area contributed by atoms with Crippen molar-refractivity contribution in [1.82, 2.24) is 10.6 Å². The van der Waals surface area contributed by atoms with Crippen molar-refractivity contribution < 1.29 is 34.1 Å². The van der Waals surface area contributed by atoms with Crippen LogP contribution < -0.4 is 10.6 Å². The molecule has 0 spiro atoms. The van der Waals surface area contributed by atoms with Crippen molar-refractivity contribution in [1.29, 1.82) is 0 Å². The molecule has 0 saturated heterocycles. The van der Waals surface area contributed by atoms with Gasteiger partial charge in [0.05, 0.1) is 13.2 Å². The molecule has 9 heteroatoms. The number of aliphatic hydroxyl groups excluding tert-OH is 1. The van der Waals surface area contributed by atoms with Crippen molar-refractivity contribution >= 4 is 23.8 Å². The van der Waals surface area contributed by atoms with Gasteiger partial charge in [0.15, 0.2) is 0 Å². The molecule has 0 rings (SSSR count). The highest BCUT2D eigenvalue weighted by Gasteiger charge is 2.19. The fourth-order valence-corrected chi connectivity index (χ4v) is 4.49. The number of carbonyl (C=O) groups is 4. The van der Waals surface area contributed by atoms with E-state index in [9.17, 15) is 19.2 Å². The maximum Gasteiger partial charge on any atom is 0.328 e. The van der Waals surface area contributed by atoms with Crippen LogP contribution in [0.25, 0.3) is 0 Å². The zero-order chi connectivity index (χ0) is 33.4. The second-order valence-electron chi connectivity index (χ2n) is 11.2. The summed E-state index contributed by atoms with van der Waals surface area (Å²) in [6, 6.07) is -1.39. The van der Waals surface area contributed by atoms with Gasteiger partial charge < -0.3 is 25.6 Å². The van der Waals surface area contributed by atoms with E-state index >= 15 is 0 Å². The van der Waals surface area contributed by atoms with E-state index in [2.05, 4.69) is 67.0 Å². The van der Waals surface area contributed by atoms with Crippen LogP contribution in [0.5, 0.6) is 0 Å². The summed E-state index contributed by atoms with van der Waals surface area (Å²) in [4.78, 5) is 47.1. The largest absolute Gasteiger partial charge is 0.480 e. The highest BCUT2D eigenvalue weighted by Crippen LogP contribution is 2.17. The molecule has 2 amide bonds. The molecule has 0 aliphatic rings.